The van der Waals surface area contributed by atoms with E-state index in [4.69, 9.17) is 0 Å². The Morgan fingerprint density at radius 3 is 2.38 bits per heavy atom. The van der Waals surface area contributed by atoms with Gasteiger partial charge >= 0.3 is 0 Å². The third-order valence-corrected chi connectivity index (χ3v) is 5.79. The molecule has 7 heteroatoms. The monoisotopic (exact) mass is 375 g/mol. The molecule has 0 radical (unpaired) electrons. The van der Waals surface area contributed by atoms with Gasteiger partial charge in [0.25, 0.3) is 0 Å². The Kier molecular flexibility index (Phi) is 4.84. The first kappa shape index (κ1) is 17.3. The minimum absolute atomic E-state index is 0.214. The van der Waals surface area contributed by atoms with E-state index in [9.17, 15) is 13.9 Å². The number of nitrogens with zero attached hydrogens (tertiary/aromatic N) is 3. The molecule has 0 bridgehead atoms. The van der Waals surface area contributed by atoms with Crippen LogP contribution in [0.3, 0.4) is 0 Å². The molecule has 1 N–H and O–H groups in total. The Bertz CT molecular complexity index is 855. The lowest BCUT2D eigenvalue weighted by Crippen LogP contribution is -2.47. The van der Waals surface area contributed by atoms with Crippen LogP contribution in [0.15, 0.2) is 42.5 Å². The van der Waals surface area contributed by atoms with E-state index in [2.05, 4.69) is 16.0 Å². The van der Waals surface area contributed by atoms with Gasteiger partial charge < -0.3 is 10.0 Å². The highest BCUT2D eigenvalue weighted by Gasteiger charge is 2.24. The van der Waals surface area contributed by atoms with Crippen molar-refractivity contribution in [3.05, 3.63) is 59.7 Å². The van der Waals surface area contributed by atoms with Crippen molar-refractivity contribution in [2.24, 2.45) is 0 Å². The number of aliphatic hydroxyl groups excluding tert-OH is 1. The van der Waals surface area contributed by atoms with Crippen LogP contribution in [0.2, 0.25) is 0 Å². The maximum Gasteiger partial charge on any atom is 0.186 e. The van der Waals surface area contributed by atoms with Crippen molar-refractivity contribution in [2.45, 2.75) is 6.10 Å². The van der Waals surface area contributed by atoms with Crippen molar-refractivity contribution in [3.63, 3.8) is 0 Å². The van der Waals surface area contributed by atoms with Gasteiger partial charge in [0.2, 0.25) is 0 Å². The van der Waals surface area contributed by atoms with Gasteiger partial charge in [-0.3, -0.25) is 4.90 Å². The number of halogens is 2. The predicted molar refractivity (Wildman–Crippen MR) is 99.6 cm³/mol. The second-order valence-electron chi connectivity index (χ2n) is 6.40. The number of rotatable bonds is 4. The Balaban J connectivity index is 1.39. The van der Waals surface area contributed by atoms with Gasteiger partial charge in [-0.2, -0.15) is 0 Å². The van der Waals surface area contributed by atoms with Crippen LogP contribution in [0, 0.1) is 11.6 Å². The quantitative estimate of drug-likeness (QED) is 0.758. The van der Waals surface area contributed by atoms with Crippen molar-refractivity contribution in [1.29, 1.82) is 0 Å². The van der Waals surface area contributed by atoms with Gasteiger partial charge in [-0.25, -0.2) is 13.8 Å². The molecule has 1 aliphatic heterocycles. The van der Waals surface area contributed by atoms with E-state index in [0.717, 1.165) is 28.4 Å². The van der Waals surface area contributed by atoms with Crippen LogP contribution >= 0.6 is 11.3 Å². The number of benzene rings is 2. The van der Waals surface area contributed by atoms with Crippen LogP contribution in [-0.4, -0.2) is 47.7 Å². The Hall–Kier alpha value is -2.09. The van der Waals surface area contributed by atoms with Gasteiger partial charge in [0.1, 0.15) is 11.6 Å². The molecule has 1 fully saturated rings. The molecule has 26 heavy (non-hydrogen) atoms. The third kappa shape index (κ3) is 3.42. The van der Waals surface area contributed by atoms with E-state index in [1.165, 1.54) is 18.2 Å². The van der Waals surface area contributed by atoms with Gasteiger partial charge in [-0.1, -0.05) is 29.5 Å². The van der Waals surface area contributed by atoms with Crippen LogP contribution < -0.4 is 4.90 Å². The summed E-state index contributed by atoms with van der Waals surface area (Å²) in [6, 6.07) is 11.7. The molecule has 1 saturated heterocycles. The average Bonchev–Trinajstić information content (AvgIpc) is 3.06. The molecule has 0 aliphatic carbocycles. The second kappa shape index (κ2) is 7.26. The molecule has 0 saturated carbocycles. The standard InChI is InChI=1S/C19H19F2N3OS/c20-13-4-3-5-14(21)18(13)16(25)12-23-8-10-24(11-9-23)19-22-15-6-1-2-7-17(15)26-19/h1-7,16,25H,8-12H2. The zero-order valence-electron chi connectivity index (χ0n) is 14.1. The van der Waals surface area contributed by atoms with Crippen LogP contribution in [-0.2, 0) is 0 Å². The summed E-state index contributed by atoms with van der Waals surface area (Å²) < 4.78 is 28.8. The maximum atomic E-state index is 13.8. The summed E-state index contributed by atoms with van der Waals surface area (Å²) in [4.78, 5) is 8.92. The zero-order chi connectivity index (χ0) is 18.1. The molecule has 3 aromatic rings. The summed E-state index contributed by atoms with van der Waals surface area (Å²) in [6.07, 6.45) is -1.18. The summed E-state index contributed by atoms with van der Waals surface area (Å²) in [5.41, 5.74) is 0.751. The highest BCUT2D eigenvalue weighted by molar-refractivity contribution is 7.22. The van der Waals surface area contributed by atoms with E-state index in [-0.39, 0.29) is 12.1 Å². The summed E-state index contributed by atoms with van der Waals surface area (Å²) in [5.74, 6) is -1.41. The summed E-state index contributed by atoms with van der Waals surface area (Å²) in [6.45, 7) is 3.18. The maximum absolute atomic E-state index is 13.8. The highest BCUT2D eigenvalue weighted by Crippen LogP contribution is 2.29. The van der Waals surface area contributed by atoms with Gasteiger partial charge in [0.05, 0.1) is 21.9 Å². The van der Waals surface area contributed by atoms with Crippen LogP contribution in [0.5, 0.6) is 0 Å². The number of fused-ring (bicyclic) bond motifs is 1. The Morgan fingerprint density at radius 1 is 1.00 bits per heavy atom. The Morgan fingerprint density at radius 2 is 1.69 bits per heavy atom. The van der Waals surface area contributed by atoms with Gasteiger partial charge in [-0.05, 0) is 24.3 Å². The lowest BCUT2D eigenvalue weighted by atomic mass is 10.1. The van der Waals surface area contributed by atoms with E-state index < -0.39 is 17.7 Å². The highest BCUT2D eigenvalue weighted by atomic mass is 32.1. The van der Waals surface area contributed by atoms with E-state index in [0.29, 0.717) is 13.1 Å². The number of hydrogen-bond donors (Lipinski definition) is 1. The number of aromatic nitrogens is 1. The first-order valence-electron chi connectivity index (χ1n) is 8.56. The number of hydrogen-bond acceptors (Lipinski definition) is 5. The van der Waals surface area contributed by atoms with E-state index >= 15 is 0 Å². The molecule has 1 unspecified atom stereocenters. The molecule has 0 spiro atoms. The van der Waals surface area contributed by atoms with Gasteiger partial charge in [0, 0.05) is 32.7 Å². The fraction of sp³-hybridized carbons (Fsp3) is 0.316. The minimum atomic E-state index is -1.18. The molecule has 4 nitrogen and oxygen atoms in total. The molecule has 1 aliphatic rings. The van der Waals surface area contributed by atoms with Crippen molar-refractivity contribution in [1.82, 2.24) is 9.88 Å². The molecule has 1 atom stereocenters. The topological polar surface area (TPSA) is 39.6 Å². The minimum Gasteiger partial charge on any atom is -0.387 e. The number of piperazine rings is 1. The summed E-state index contributed by atoms with van der Waals surface area (Å²) >= 11 is 1.67. The molecule has 2 heterocycles. The van der Waals surface area contributed by atoms with Crippen molar-refractivity contribution >= 4 is 26.7 Å². The fourth-order valence-corrected chi connectivity index (χ4v) is 4.30. The largest absolute Gasteiger partial charge is 0.387 e. The number of anilines is 1. The number of aliphatic hydroxyl groups is 1. The van der Waals surface area contributed by atoms with Gasteiger partial charge in [-0.15, -0.1) is 0 Å². The number of β-amino-alcohol motifs (C(OH)–C–C–N with tert-alkyl or cyclic N) is 1. The lowest BCUT2D eigenvalue weighted by Gasteiger charge is -2.35. The summed E-state index contributed by atoms with van der Waals surface area (Å²) in [7, 11) is 0. The van der Waals surface area contributed by atoms with E-state index in [1.807, 2.05) is 23.1 Å². The zero-order valence-corrected chi connectivity index (χ0v) is 14.9. The van der Waals surface area contributed by atoms with Crippen LogP contribution in [0.25, 0.3) is 10.2 Å². The van der Waals surface area contributed by atoms with Crippen LogP contribution in [0.4, 0.5) is 13.9 Å². The average molecular weight is 375 g/mol. The van der Waals surface area contributed by atoms with Crippen molar-refractivity contribution in [3.8, 4) is 0 Å². The fourth-order valence-electron chi connectivity index (χ4n) is 3.28. The number of thiazole rings is 1. The molecule has 136 valence electrons. The molecule has 2 aromatic carbocycles. The van der Waals surface area contributed by atoms with Gasteiger partial charge in [0.15, 0.2) is 5.13 Å². The molecular weight excluding hydrogens is 356 g/mol. The molecular formula is C19H19F2N3OS. The molecule has 4 rings (SSSR count). The second-order valence-corrected chi connectivity index (χ2v) is 7.41. The first-order chi connectivity index (χ1) is 12.6. The predicted octanol–water partition coefficient (Wildman–Crippen LogP) is 3.43. The lowest BCUT2D eigenvalue weighted by molar-refractivity contribution is 0.103. The third-order valence-electron chi connectivity index (χ3n) is 4.69. The normalized spacial score (nSPS) is 17.0. The van der Waals surface area contributed by atoms with Crippen molar-refractivity contribution < 1.29 is 13.9 Å². The SMILES string of the molecule is OC(CN1CCN(c2nc3ccccc3s2)CC1)c1c(F)cccc1F. The smallest absolute Gasteiger partial charge is 0.186 e. The van der Waals surface area contributed by atoms with Crippen molar-refractivity contribution in [2.75, 3.05) is 37.6 Å². The molecule has 1 aromatic heterocycles. The van der Waals surface area contributed by atoms with Crippen LogP contribution in [0.1, 0.15) is 11.7 Å². The molecule has 0 amide bonds. The number of para-hydroxylation sites is 1. The van der Waals surface area contributed by atoms with E-state index in [1.54, 1.807) is 11.3 Å². The first-order valence-corrected chi connectivity index (χ1v) is 9.38. The summed E-state index contributed by atoms with van der Waals surface area (Å²) in [5, 5.41) is 11.3. The Labute approximate surface area is 154 Å².